The van der Waals surface area contributed by atoms with E-state index in [9.17, 15) is 4.79 Å². The van der Waals surface area contributed by atoms with E-state index in [0.717, 1.165) is 11.3 Å². The number of benzene rings is 1. The van der Waals surface area contributed by atoms with Gasteiger partial charge in [0.1, 0.15) is 12.7 Å². The second kappa shape index (κ2) is 7.56. The first kappa shape index (κ1) is 16.6. The van der Waals surface area contributed by atoms with Gasteiger partial charge in [0, 0.05) is 11.9 Å². The zero-order chi connectivity index (χ0) is 18.5. The molecule has 9 nitrogen and oxygen atoms in total. The Kier molecular flexibility index (Phi) is 4.64. The van der Waals surface area contributed by atoms with Crippen molar-refractivity contribution in [2.75, 3.05) is 5.32 Å². The van der Waals surface area contributed by atoms with E-state index in [-0.39, 0.29) is 11.6 Å². The molecule has 0 atom stereocenters. The van der Waals surface area contributed by atoms with E-state index < -0.39 is 0 Å². The number of rotatable bonds is 6. The number of nitrogens with zero attached hydrogens (tertiary/aromatic N) is 7. The minimum atomic E-state index is -0.319. The van der Waals surface area contributed by atoms with Gasteiger partial charge in [0.15, 0.2) is 5.69 Å². The monoisotopic (exact) mass is 360 g/mol. The molecule has 1 N–H and O–H groups in total. The summed E-state index contributed by atoms with van der Waals surface area (Å²) in [5, 5.41) is 14.9. The highest BCUT2D eigenvalue weighted by molar-refractivity contribution is 6.02. The molecule has 0 unspecified atom stereocenters. The van der Waals surface area contributed by atoms with Crippen molar-refractivity contribution in [1.29, 1.82) is 0 Å². The number of hydrogen-bond donors (Lipinski definition) is 1. The van der Waals surface area contributed by atoms with Crippen LogP contribution in [0.15, 0.2) is 67.5 Å². The van der Waals surface area contributed by atoms with Crippen molar-refractivity contribution in [2.45, 2.75) is 13.1 Å². The first-order chi connectivity index (χ1) is 13.3. The van der Waals surface area contributed by atoms with Crippen molar-refractivity contribution in [2.24, 2.45) is 0 Å². The molecule has 0 aliphatic rings. The predicted octanol–water partition coefficient (Wildman–Crippen LogP) is 1.61. The maximum atomic E-state index is 12.4. The van der Waals surface area contributed by atoms with Crippen molar-refractivity contribution in [3.05, 3.63) is 84.5 Å². The van der Waals surface area contributed by atoms with Crippen LogP contribution in [0.5, 0.6) is 0 Å². The molecule has 0 bridgehead atoms. The average Bonchev–Trinajstić information content (AvgIpc) is 3.35. The molecule has 1 amide bonds. The van der Waals surface area contributed by atoms with Crippen molar-refractivity contribution < 1.29 is 4.79 Å². The van der Waals surface area contributed by atoms with Crippen LogP contribution < -0.4 is 5.32 Å². The second-order valence-electron chi connectivity index (χ2n) is 5.87. The molecule has 3 aromatic heterocycles. The van der Waals surface area contributed by atoms with Crippen LogP contribution in [-0.4, -0.2) is 40.6 Å². The number of carbonyl (C=O) groups excluding carboxylic acids is 1. The summed E-state index contributed by atoms with van der Waals surface area (Å²) in [6.45, 7) is 1.03. The molecule has 27 heavy (non-hydrogen) atoms. The molecule has 134 valence electrons. The summed E-state index contributed by atoms with van der Waals surface area (Å²) in [7, 11) is 0. The quantitative estimate of drug-likeness (QED) is 0.560. The normalized spacial score (nSPS) is 10.7. The molecular weight excluding hydrogens is 344 g/mol. The van der Waals surface area contributed by atoms with Crippen LogP contribution >= 0.6 is 0 Å². The molecule has 0 radical (unpaired) electrons. The molecule has 0 aliphatic heterocycles. The van der Waals surface area contributed by atoms with Crippen molar-refractivity contribution in [3.63, 3.8) is 0 Å². The van der Waals surface area contributed by atoms with Crippen LogP contribution in [0.3, 0.4) is 0 Å². The zero-order valence-corrected chi connectivity index (χ0v) is 14.3. The van der Waals surface area contributed by atoms with Gasteiger partial charge >= 0.3 is 0 Å². The highest BCUT2D eigenvalue weighted by atomic mass is 16.2. The van der Waals surface area contributed by atoms with E-state index in [0.29, 0.717) is 18.8 Å². The van der Waals surface area contributed by atoms with Crippen molar-refractivity contribution >= 4 is 11.6 Å². The first-order valence-electron chi connectivity index (χ1n) is 8.29. The van der Waals surface area contributed by atoms with Gasteiger partial charge in [0.25, 0.3) is 5.91 Å². The van der Waals surface area contributed by atoms with E-state index in [1.165, 1.54) is 6.33 Å². The summed E-state index contributed by atoms with van der Waals surface area (Å²) in [5.41, 5.74) is 2.76. The van der Waals surface area contributed by atoms with E-state index in [1.807, 2.05) is 42.5 Å². The number of aromatic nitrogens is 7. The Morgan fingerprint density at radius 2 is 2.04 bits per heavy atom. The van der Waals surface area contributed by atoms with Crippen LogP contribution in [0.2, 0.25) is 0 Å². The minimum absolute atomic E-state index is 0.243. The SMILES string of the molecule is O=C(Nc1cccc(Cn2cncn2)c1)c1cn(Cc2ccccn2)nn1. The highest BCUT2D eigenvalue weighted by Crippen LogP contribution is 2.13. The number of amides is 1. The summed E-state index contributed by atoms with van der Waals surface area (Å²) >= 11 is 0. The molecular formula is C18H16N8O. The summed E-state index contributed by atoms with van der Waals surface area (Å²) in [4.78, 5) is 20.6. The molecule has 0 saturated heterocycles. The third kappa shape index (κ3) is 4.21. The second-order valence-corrected chi connectivity index (χ2v) is 5.87. The van der Waals surface area contributed by atoms with Crippen LogP contribution in [0.25, 0.3) is 0 Å². The topological polar surface area (TPSA) is 103 Å². The zero-order valence-electron chi connectivity index (χ0n) is 14.3. The van der Waals surface area contributed by atoms with Gasteiger partial charge in [0.2, 0.25) is 0 Å². The lowest BCUT2D eigenvalue weighted by Crippen LogP contribution is -2.13. The standard InChI is InChI=1S/C18H16N8O/c27-18(17-11-25(24-23-17)10-16-5-1-2-7-20-16)22-15-6-3-4-14(8-15)9-26-13-19-12-21-26/h1-8,11-13H,9-10H2,(H,22,27). The largest absolute Gasteiger partial charge is 0.321 e. The van der Waals surface area contributed by atoms with Crippen LogP contribution in [0.1, 0.15) is 21.7 Å². The maximum absolute atomic E-state index is 12.4. The molecule has 4 aromatic rings. The molecule has 3 heterocycles. The Labute approximate surface area is 154 Å². The number of nitrogens with one attached hydrogen (secondary N) is 1. The van der Waals surface area contributed by atoms with E-state index in [1.54, 1.807) is 28.1 Å². The fourth-order valence-electron chi connectivity index (χ4n) is 2.58. The average molecular weight is 360 g/mol. The smallest absolute Gasteiger partial charge is 0.277 e. The fourth-order valence-corrected chi connectivity index (χ4v) is 2.58. The van der Waals surface area contributed by atoms with Crippen LogP contribution in [-0.2, 0) is 13.1 Å². The van der Waals surface area contributed by atoms with Gasteiger partial charge < -0.3 is 5.32 Å². The van der Waals surface area contributed by atoms with Crippen LogP contribution in [0, 0.1) is 0 Å². The molecule has 0 spiro atoms. The van der Waals surface area contributed by atoms with E-state index in [2.05, 4.69) is 30.7 Å². The minimum Gasteiger partial charge on any atom is -0.321 e. The van der Waals surface area contributed by atoms with Crippen molar-refractivity contribution in [3.8, 4) is 0 Å². The molecule has 9 heteroatoms. The number of anilines is 1. The summed E-state index contributed by atoms with van der Waals surface area (Å²) < 4.78 is 3.29. The fraction of sp³-hybridized carbons (Fsp3) is 0.111. The number of carbonyl (C=O) groups is 1. The highest BCUT2D eigenvalue weighted by Gasteiger charge is 2.12. The Morgan fingerprint density at radius 3 is 2.85 bits per heavy atom. The molecule has 1 aromatic carbocycles. The molecule has 0 saturated carbocycles. The lowest BCUT2D eigenvalue weighted by atomic mass is 10.2. The van der Waals surface area contributed by atoms with Gasteiger partial charge in [-0.3, -0.25) is 9.78 Å². The molecule has 0 fully saturated rings. The number of hydrogen-bond acceptors (Lipinski definition) is 6. The predicted molar refractivity (Wildman–Crippen MR) is 96.9 cm³/mol. The lowest BCUT2D eigenvalue weighted by Gasteiger charge is -2.06. The van der Waals surface area contributed by atoms with Gasteiger partial charge in [-0.1, -0.05) is 23.4 Å². The Bertz CT molecular complexity index is 1030. The molecule has 4 rings (SSSR count). The van der Waals surface area contributed by atoms with Crippen LogP contribution in [0.4, 0.5) is 5.69 Å². The van der Waals surface area contributed by atoms with Gasteiger partial charge in [0.05, 0.1) is 25.0 Å². The summed E-state index contributed by atoms with van der Waals surface area (Å²) in [6, 6.07) is 13.2. The third-order valence-corrected chi connectivity index (χ3v) is 3.82. The van der Waals surface area contributed by atoms with Crippen molar-refractivity contribution in [1.82, 2.24) is 34.7 Å². The number of pyridine rings is 1. The first-order valence-corrected chi connectivity index (χ1v) is 8.29. The van der Waals surface area contributed by atoms with Gasteiger partial charge in [-0.15, -0.1) is 5.10 Å². The van der Waals surface area contributed by atoms with E-state index in [4.69, 9.17) is 0 Å². The third-order valence-electron chi connectivity index (χ3n) is 3.82. The lowest BCUT2D eigenvalue weighted by molar-refractivity contribution is 0.102. The van der Waals surface area contributed by atoms with Gasteiger partial charge in [-0.25, -0.2) is 14.3 Å². The Hall–Kier alpha value is -3.88. The Morgan fingerprint density at radius 1 is 1.07 bits per heavy atom. The van der Waals surface area contributed by atoms with Gasteiger partial charge in [-0.05, 0) is 29.8 Å². The molecule has 0 aliphatic carbocycles. The van der Waals surface area contributed by atoms with E-state index >= 15 is 0 Å². The Balaban J connectivity index is 1.42. The maximum Gasteiger partial charge on any atom is 0.277 e. The summed E-state index contributed by atoms with van der Waals surface area (Å²) in [5.74, 6) is -0.319. The van der Waals surface area contributed by atoms with Gasteiger partial charge in [-0.2, -0.15) is 5.10 Å². The summed E-state index contributed by atoms with van der Waals surface area (Å²) in [6.07, 6.45) is 6.44.